The van der Waals surface area contributed by atoms with Gasteiger partial charge < -0.3 is 0 Å². The molecule has 0 radical (unpaired) electrons. The topological polar surface area (TPSA) is 90.9 Å². The summed E-state index contributed by atoms with van der Waals surface area (Å²) in [4.78, 5) is 4.35. The molecule has 1 fully saturated rings. The molecule has 2 N–H and O–H groups in total. The maximum absolute atomic E-state index is 11.2. The number of nitrogens with two attached hydrogens (primary N) is 1. The lowest BCUT2D eigenvalue weighted by atomic mass is 10.2. The van der Waals surface area contributed by atoms with Crippen molar-refractivity contribution >= 4 is 10.0 Å². The molecule has 1 aliphatic rings. The van der Waals surface area contributed by atoms with Crippen LogP contribution in [0.25, 0.3) is 5.69 Å². The predicted octanol–water partition coefficient (Wildman–Crippen LogP) is 0.867. The van der Waals surface area contributed by atoms with Crippen LogP contribution in [0.2, 0.25) is 0 Å². The van der Waals surface area contributed by atoms with Crippen molar-refractivity contribution in [2.45, 2.75) is 24.2 Å². The van der Waals surface area contributed by atoms with E-state index >= 15 is 0 Å². The van der Waals surface area contributed by atoms with Crippen LogP contribution in [0.5, 0.6) is 0 Å². The zero-order valence-electron chi connectivity index (χ0n) is 10.2. The molecule has 0 bridgehead atoms. The molecule has 19 heavy (non-hydrogen) atoms. The Morgan fingerprint density at radius 1 is 1.26 bits per heavy atom. The van der Waals surface area contributed by atoms with Crippen molar-refractivity contribution < 1.29 is 8.42 Å². The minimum atomic E-state index is -3.65. The van der Waals surface area contributed by atoms with Gasteiger partial charge in [0.05, 0.1) is 10.6 Å². The average molecular weight is 278 g/mol. The van der Waals surface area contributed by atoms with Crippen molar-refractivity contribution in [2.24, 2.45) is 11.1 Å². The molecule has 1 aliphatic carbocycles. The van der Waals surface area contributed by atoms with Gasteiger partial charge in [-0.25, -0.2) is 23.2 Å². The molecule has 0 aliphatic heterocycles. The second kappa shape index (κ2) is 4.43. The van der Waals surface area contributed by atoms with Gasteiger partial charge >= 0.3 is 0 Å². The second-order valence-electron chi connectivity index (χ2n) is 4.77. The molecule has 0 spiro atoms. The maximum atomic E-state index is 11.2. The number of rotatable bonds is 4. The Labute approximate surface area is 111 Å². The SMILES string of the molecule is NS(=O)(=O)c1ccc(-n2ncnc2CC2CC2)cc1. The normalized spacial score (nSPS) is 15.6. The van der Waals surface area contributed by atoms with Gasteiger partial charge in [-0.3, -0.25) is 0 Å². The van der Waals surface area contributed by atoms with Crippen molar-refractivity contribution in [3.8, 4) is 5.69 Å². The van der Waals surface area contributed by atoms with Gasteiger partial charge in [0.1, 0.15) is 12.2 Å². The minimum absolute atomic E-state index is 0.0973. The van der Waals surface area contributed by atoms with Crippen LogP contribution in [0, 0.1) is 5.92 Å². The highest BCUT2D eigenvalue weighted by Crippen LogP contribution is 2.32. The zero-order valence-corrected chi connectivity index (χ0v) is 11.0. The quantitative estimate of drug-likeness (QED) is 0.898. The fourth-order valence-corrected chi connectivity index (χ4v) is 2.49. The number of aromatic nitrogens is 3. The molecular formula is C12H14N4O2S. The van der Waals surface area contributed by atoms with Gasteiger partial charge in [-0.1, -0.05) is 0 Å². The third kappa shape index (κ3) is 2.66. The standard InChI is InChI=1S/C12H14N4O2S/c13-19(17,18)11-5-3-10(4-6-11)16-12(14-8-15-16)7-9-1-2-9/h3-6,8-9H,1-2,7H2,(H2,13,17,18). The van der Waals surface area contributed by atoms with E-state index in [0.29, 0.717) is 5.92 Å². The second-order valence-corrected chi connectivity index (χ2v) is 6.34. The lowest BCUT2D eigenvalue weighted by Crippen LogP contribution is -2.12. The maximum Gasteiger partial charge on any atom is 0.238 e. The van der Waals surface area contributed by atoms with Crippen LogP contribution in [0.1, 0.15) is 18.7 Å². The Morgan fingerprint density at radius 2 is 1.95 bits per heavy atom. The third-order valence-electron chi connectivity index (χ3n) is 3.20. The molecule has 1 aromatic carbocycles. The molecular weight excluding hydrogens is 264 g/mol. The number of nitrogens with zero attached hydrogens (tertiary/aromatic N) is 3. The van der Waals surface area contributed by atoms with Gasteiger partial charge in [-0.15, -0.1) is 0 Å². The van der Waals surface area contributed by atoms with Gasteiger partial charge in [0, 0.05) is 6.42 Å². The molecule has 0 atom stereocenters. The Balaban J connectivity index is 1.91. The lowest BCUT2D eigenvalue weighted by molar-refractivity contribution is 0.598. The summed E-state index contributed by atoms with van der Waals surface area (Å²) in [6.07, 6.45) is 4.93. The van der Waals surface area contributed by atoms with Crippen molar-refractivity contribution in [2.75, 3.05) is 0 Å². The van der Waals surface area contributed by atoms with Crippen molar-refractivity contribution in [3.05, 3.63) is 36.4 Å². The Kier molecular flexibility index (Phi) is 2.87. The van der Waals surface area contributed by atoms with Gasteiger partial charge in [0.2, 0.25) is 10.0 Å². The molecule has 2 aromatic rings. The third-order valence-corrected chi connectivity index (χ3v) is 4.13. The van der Waals surface area contributed by atoms with Gasteiger partial charge in [0.15, 0.2) is 0 Å². The van der Waals surface area contributed by atoms with Crippen LogP contribution in [0.15, 0.2) is 35.5 Å². The summed E-state index contributed by atoms with van der Waals surface area (Å²) in [5, 5.41) is 9.25. The van der Waals surface area contributed by atoms with E-state index in [0.717, 1.165) is 17.9 Å². The minimum Gasteiger partial charge on any atom is -0.225 e. The summed E-state index contributed by atoms with van der Waals surface area (Å²) >= 11 is 0. The summed E-state index contributed by atoms with van der Waals surface area (Å²) < 4.78 is 24.1. The first-order valence-corrected chi connectivity index (χ1v) is 7.61. The lowest BCUT2D eigenvalue weighted by Gasteiger charge is -2.06. The summed E-state index contributed by atoms with van der Waals surface area (Å²) in [5.74, 6) is 1.62. The molecule has 0 amide bonds. The van der Waals surface area contributed by atoms with E-state index in [1.165, 1.54) is 31.3 Å². The monoisotopic (exact) mass is 278 g/mol. The van der Waals surface area contributed by atoms with E-state index in [2.05, 4.69) is 10.1 Å². The van der Waals surface area contributed by atoms with E-state index < -0.39 is 10.0 Å². The van der Waals surface area contributed by atoms with E-state index in [4.69, 9.17) is 5.14 Å². The number of benzene rings is 1. The highest BCUT2D eigenvalue weighted by Gasteiger charge is 2.24. The molecule has 100 valence electrons. The first kappa shape index (κ1) is 12.3. The fourth-order valence-electron chi connectivity index (χ4n) is 1.98. The van der Waals surface area contributed by atoms with Crippen molar-refractivity contribution in [1.82, 2.24) is 14.8 Å². The first-order chi connectivity index (χ1) is 9.04. The van der Waals surface area contributed by atoms with E-state index in [1.54, 1.807) is 16.8 Å². The van der Waals surface area contributed by atoms with Crippen LogP contribution >= 0.6 is 0 Å². The highest BCUT2D eigenvalue weighted by atomic mass is 32.2. The molecule has 0 unspecified atom stereocenters. The van der Waals surface area contributed by atoms with Gasteiger partial charge in [-0.05, 0) is 43.0 Å². The number of primary sulfonamides is 1. The summed E-state index contributed by atoms with van der Waals surface area (Å²) in [7, 11) is -3.65. The smallest absolute Gasteiger partial charge is 0.225 e. The van der Waals surface area contributed by atoms with Crippen LogP contribution in [-0.4, -0.2) is 23.2 Å². The zero-order chi connectivity index (χ0) is 13.5. The van der Waals surface area contributed by atoms with E-state index in [1.807, 2.05) is 0 Å². The van der Waals surface area contributed by atoms with Crippen LogP contribution < -0.4 is 5.14 Å². The molecule has 1 heterocycles. The molecule has 0 saturated heterocycles. The highest BCUT2D eigenvalue weighted by molar-refractivity contribution is 7.89. The predicted molar refractivity (Wildman–Crippen MR) is 69.2 cm³/mol. The van der Waals surface area contributed by atoms with Crippen molar-refractivity contribution in [1.29, 1.82) is 0 Å². The van der Waals surface area contributed by atoms with Crippen LogP contribution in [0.3, 0.4) is 0 Å². The van der Waals surface area contributed by atoms with Gasteiger partial charge in [-0.2, -0.15) is 5.10 Å². The Bertz CT molecular complexity index is 687. The van der Waals surface area contributed by atoms with Crippen molar-refractivity contribution in [3.63, 3.8) is 0 Å². The van der Waals surface area contributed by atoms with E-state index in [-0.39, 0.29) is 4.90 Å². The van der Waals surface area contributed by atoms with Crippen LogP contribution in [-0.2, 0) is 16.4 Å². The molecule has 7 heteroatoms. The largest absolute Gasteiger partial charge is 0.238 e. The fraction of sp³-hybridized carbons (Fsp3) is 0.333. The summed E-state index contributed by atoms with van der Waals surface area (Å²) in [6.45, 7) is 0. The van der Waals surface area contributed by atoms with Gasteiger partial charge in [0.25, 0.3) is 0 Å². The summed E-state index contributed by atoms with van der Waals surface area (Å²) in [5.41, 5.74) is 0.792. The van der Waals surface area contributed by atoms with E-state index in [9.17, 15) is 8.42 Å². The summed E-state index contributed by atoms with van der Waals surface area (Å²) in [6, 6.07) is 6.33. The first-order valence-electron chi connectivity index (χ1n) is 6.06. The Morgan fingerprint density at radius 3 is 2.53 bits per heavy atom. The van der Waals surface area contributed by atoms with Crippen LogP contribution in [0.4, 0.5) is 0 Å². The Hall–Kier alpha value is -1.73. The number of hydrogen-bond donors (Lipinski definition) is 1. The molecule has 1 aromatic heterocycles. The average Bonchev–Trinajstić information content (AvgIpc) is 3.05. The molecule has 3 rings (SSSR count). The number of hydrogen-bond acceptors (Lipinski definition) is 4. The molecule has 6 nitrogen and oxygen atoms in total. The molecule has 1 saturated carbocycles. The number of sulfonamides is 1.